The Kier molecular flexibility index (Phi) is 7.46. The van der Waals surface area contributed by atoms with E-state index in [1.54, 1.807) is 32.4 Å². The number of carbonyl (C=O) groups excluding carboxylic acids is 1. The van der Waals surface area contributed by atoms with Crippen LogP contribution >= 0.6 is 0 Å². The van der Waals surface area contributed by atoms with Gasteiger partial charge in [-0.3, -0.25) is 4.79 Å². The van der Waals surface area contributed by atoms with Crippen LogP contribution in [0.15, 0.2) is 72.8 Å². The van der Waals surface area contributed by atoms with E-state index in [4.69, 9.17) is 14.2 Å². The summed E-state index contributed by atoms with van der Waals surface area (Å²) in [5.41, 5.74) is 3.64. The van der Waals surface area contributed by atoms with Crippen LogP contribution in [0.5, 0.6) is 11.5 Å². The number of carbonyl (C=O) groups is 1. The second-order valence-corrected chi connectivity index (χ2v) is 7.04. The summed E-state index contributed by atoms with van der Waals surface area (Å²) in [6.07, 6.45) is 0. The van der Waals surface area contributed by atoms with Gasteiger partial charge < -0.3 is 19.5 Å². The van der Waals surface area contributed by atoms with E-state index >= 15 is 0 Å². The molecule has 156 valence electrons. The van der Waals surface area contributed by atoms with Gasteiger partial charge in [-0.05, 0) is 48.4 Å². The van der Waals surface area contributed by atoms with Gasteiger partial charge in [-0.15, -0.1) is 0 Å². The van der Waals surface area contributed by atoms with Gasteiger partial charge in [0, 0.05) is 24.3 Å². The van der Waals surface area contributed by atoms with E-state index < -0.39 is 0 Å². The molecular weight excluding hydrogens is 378 g/mol. The molecule has 0 aliphatic rings. The molecule has 1 atom stereocenters. The van der Waals surface area contributed by atoms with Crippen LogP contribution < -0.4 is 14.8 Å². The molecule has 3 rings (SSSR count). The minimum Gasteiger partial charge on any atom is -0.496 e. The number of nitrogens with one attached hydrogen (secondary N) is 1. The minimum atomic E-state index is -0.157. The van der Waals surface area contributed by atoms with Crippen molar-refractivity contribution in [1.29, 1.82) is 0 Å². The van der Waals surface area contributed by atoms with Crippen molar-refractivity contribution in [3.63, 3.8) is 0 Å². The smallest absolute Gasteiger partial charge is 0.251 e. The van der Waals surface area contributed by atoms with Crippen molar-refractivity contribution < 1.29 is 19.0 Å². The van der Waals surface area contributed by atoms with E-state index in [1.807, 2.05) is 49.4 Å². The SMILES string of the molecule is COC[C@H](C)NC(=O)c1ccc(OC)c(COc2ccc(-c3ccccc3)cc2)c1. The fourth-order valence-electron chi connectivity index (χ4n) is 3.17. The molecule has 5 heteroatoms. The Morgan fingerprint density at radius 3 is 2.30 bits per heavy atom. The van der Waals surface area contributed by atoms with Crippen molar-refractivity contribution in [3.05, 3.63) is 83.9 Å². The first-order chi connectivity index (χ1) is 14.6. The van der Waals surface area contributed by atoms with E-state index in [9.17, 15) is 4.79 Å². The van der Waals surface area contributed by atoms with E-state index in [0.717, 1.165) is 22.4 Å². The predicted octanol–water partition coefficient (Wildman–Crippen LogP) is 4.71. The summed E-state index contributed by atoms with van der Waals surface area (Å²) in [6, 6.07) is 23.4. The van der Waals surface area contributed by atoms with Crippen LogP contribution in [0, 0.1) is 0 Å². The first-order valence-corrected chi connectivity index (χ1v) is 9.85. The summed E-state index contributed by atoms with van der Waals surface area (Å²) >= 11 is 0. The quantitative estimate of drug-likeness (QED) is 0.560. The number of hydrogen-bond donors (Lipinski definition) is 1. The number of rotatable bonds is 9. The second kappa shape index (κ2) is 10.5. The number of ether oxygens (including phenoxy) is 3. The maximum Gasteiger partial charge on any atom is 0.251 e. The lowest BCUT2D eigenvalue weighted by Crippen LogP contribution is -2.35. The highest BCUT2D eigenvalue weighted by Gasteiger charge is 2.13. The van der Waals surface area contributed by atoms with Crippen LogP contribution in [0.25, 0.3) is 11.1 Å². The third-order valence-corrected chi connectivity index (χ3v) is 4.69. The molecule has 0 fully saturated rings. The largest absolute Gasteiger partial charge is 0.496 e. The number of methoxy groups -OCH3 is 2. The first kappa shape index (κ1) is 21.4. The van der Waals surface area contributed by atoms with Gasteiger partial charge in [0.05, 0.1) is 13.7 Å². The van der Waals surface area contributed by atoms with Gasteiger partial charge in [0.1, 0.15) is 18.1 Å². The summed E-state index contributed by atoms with van der Waals surface area (Å²) in [5.74, 6) is 1.27. The van der Waals surface area contributed by atoms with Crippen LogP contribution in [-0.2, 0) is 11.3 Å². The molecule has 3 aromatic rings. The third-order valence-electron chi connectivity index (χ3n) is 4.69. The lowest BCUT2D eigenvalue weighted by atomic mass is 10.1. The van der Waals surface area contributed by atoms with Crippen LogP contribution in [0.2, 0.25) is 0 Å². The number of amides is 1. The van der Waals surface area contributed by atoms with E-state index in [2.05, 4.69) is 17.4 Å². The number of benzene rings is 3. The second-order valence-electron chi connectivity index (χ2n) is 7.04. The molecule has 0 saturated carbocycles. The summed E-state index contributed by atoms with van der Waals surface area (Å²) in [6.45, 7) is 2.65. The molecule has 0 spiro atoms. The zero-order chi connectivity index (χ0) is 21.3. The molecule has 30 heavy (non-hydrogen) atoms. The lowest BCUT2D eigenvalue weighted by molar-refractivity contribution is 0.0905. The first-order valence-electron chi connectivity index (χ1n) is 9.85. The van der Waals surface area contributed by atoms with Crippen molar-refractivity contribution >= 4 is 5.91 Å². The standard InChI is InChI=1S/C25H27NO4/c1-18(16-28-2)26-25(27)21-11-14-24(29-3)22(15-21)17-30-23-12-9-20(10-13-23)19-7-5-4-6-8-19/h4-15,18H,16-17H2,1-3H3,(H,26,27)/t18-/m0/s1. The molecule has 5 nitrogen and oxygen atoms in total. The van der Waals surface area contributed by atoms with Gasteiger partial charge in [-0.25, -0.2) is 0 Å². The Bertz CT molecular complexity index is 955. The van der Waals surface area contributed by atoms with Gasteiger partial charge >= 0.3 is 0 Å². The molecule has 1 N–H and O–H groups in total. The summed E-state index contributed by atoms with van der Waals surface area (Å²) in [7, 11) is 3.21. The van der Waals surface area contributed by atoms with Crippen LogP contribution in [0.1, 0.15) is 22.8 Å². The Labute approximate surface area is 177 Å². The normalized spacial score (nSPS) is 11.6. The highest BCUT2D eigenvalue weighted by Crippen LogP contribution is 2.25. The van der Waals surface area contributed by atoms with Crippen molar-refractivity contribution in [2.24, 2.45) is 0 Å². The molecule has 0 aliphatic carbocycles. The van der Waals surface area contributed by atoms with Gasteiger partial charge in [0.15, 0.2) is 0 Å². The van der Waals surface area contributed by atoms with E-state index in [1.165, 1.54) is 0 Å². The van der Waals surface area contributed by atoms with Crippen molar-refractivity contribution in [3.8, 4) is 22.6 Å². The molecular formula is C25H27NO4. The minimum absolute atomic E-state index is 0.0765. The average Bonchev–Trinajstić information content (AvgIpc) is 2.78. The van der Waals surface area contributed by atoms with Crippen LogP contribution in [-0.4, -0.2) is 32.8 Å². The Morgan fingerprint density at radius 1 is 0.933 bits per heavy atom. The maximum absolute atomic E-state index is 12.5. The molecule has 0 saturated heterocycles. The zero-order valence-corrected chi connectivity index (χ0v) is 17.6. The van der Waals surface area contributed by atoms with E-state index in [-0.39, 0.29) is 11.9 Å². The molecule has 0 aliphatic heterocycles. The maximum atomic E-state index is 12.5. The van der Waals surface area contributed by atoms with Gasteiger partial charge in [-0.2, -0.15) is 0 Å². The Balaban J connectivity index is 1.68. The van der Waals surface area contributed by atoms with Gasteiger partial charge in [0.25, 0.3) is 5.91 Å². The van der Waals surface area contributed by atoms with Gasteiger partial charge in [-0.1, -0.05) is 42.5 Å². The van der Waals surface area contributed by atoms with Crippen LogP contribution in [0.3, 0.4) is 0 Å². The molecule has 3 aromatic carbocycles. The molecule has 0 unspecified atom stereocenters. The average molecular weight is 405 g/mol. The van der Waals surface area contributed by atoms with Crippen molar-refractivity contribution in [2.75, 3.05) is 20.8 Å². The van der Waals surface area contributed by atoms with E-state index in [0.29, 0.717) is 24.5 Å². The number of hydrogen-bond acceptors (Lipinski definition) is 4. The lowest BCUT2D eigenvalue weighted by Gasteiger charge is -2.15. The zero-order valence-electron chi connectivity index (χ0n) is 17.6. The topological polar surface area (TPSA) is 56.8 Å². The predicted molar refractivity (Wildman–Crippen MR) is 118 cm³/mol. The highest BCUT2D eigenvalue weighted by molar-refractivity contribution is 5.94. The van der Waals surface area contributed by atoms with Gasteiger partial charge in [0.2, 0.25) is 0 Å². The Morgan fingerprint density at radius 2 is 1.63 bits per heavy atom. The Hall–Kier alpha value is -3.31. The molecule has 0 aromatic heterocycles. The van der Waals surface area contributed by atoms with Crippen molar-refractivity contribution in [1.82, 2.24) is 5.32 Å². The summed E-state index contributed by atoms with van der Waals surface area (Å²) in [5, 5.41) is 2.91. The molecule has 1 amide bonds. The fraction of sp³-hybridized carbons (Fsp3) is 0.240. The summed E-state index contributed by atoms with van der Waals surface area (Å²) < 4.78 is 16.5. The molecule has 0 heterocycles. The fourth-order valence-corrected chi connectivity index (χ4v) is 3.17. The molecule has 0 bridgehead atoms. The molecule has 0 radical (unpaired) electrons. The van der Waals surface area contributed by atoms with Crippen LogP contribution in [0.4, 0.5) is 0 Å². The summed E-state index contributed by atoms with van der Waals surface area (Å²) in [4.78, 5) is 12.5. The third kappa shape index (κ3) is 5.61. The monoisotopic (exact) mass is 405 g/mol. The highest BCUT2D eigenvalue weighted by atomic mass is 16.5. The van der Waals surface area contributed by atoms with Crippen molar-refractivity contribution in [2.45, 2.75) is 19.6 Å².